The molecule has 0 saturated carbocycles. The molecular formula is C24H24N4O3S2. The fourth-order valence-electron chi connectivity index (χ4n) is 3.08. The van der Waals surface area contributed by atoms with E-state index < -0.39 is 5.60 Å². The Labute approximate surface area is 199 Å². The van der Waals surface area contributed by atoms with E-state index in [-0.39, 0.29) is 5.91 Å². The van der Waals surface area contributed by atoms with Gasteiger partial charge in [-0.05, 0) is 49.9 Å². The molecule has 9 heteroatoms. The van der Waals surface area contributed by atoms with Crippen LogP contribution in [-0.2, 0) is 0 Å². The summed E-state index contributed by atoms with van der Waals surface area (Å²) in [5.74, 6) is -0.312. The first-order valence-corrected chi connectivity index (χ1v) is 12.1. The highest BCUT2D eigenvalue weighted by molar-refractivity contribution is 7.20. The van der Waals surface area contributed by atoms with Crippen molar-refractivity contribution < 1.29 is 14.3 Å². The van der Waals surface area contributed by atoms with Gasteiger partial charge in [-0.3, -0.25) is 9.79 Å². The fourth-order valence-corrected chi connectivity index (χ4v) is 4.70. The van der Waals surface area contributed by atoms with Crippen molar-refractivity contribution in [2.45, 2.75) is 25.9 Å². The van der Waals surface area contributed by atoms with E-state index >= 15 is 0 Å². The summed E-state index contributed by atoms with van der Waals surface area (Å²) >= 11 is 3.01. The quantitative estimate of drug-likeness (QED) is 0.226. The van der Waals surface area contributed by atoms with Crippen LogP contribution in [-0.4, -0.2) is 34.4 Å². The summed E-state index contributed by atoms with van der Waals surface area (Å²) in [5, 5.41) is 17.4. The van der Waals surface area contributed by atoms with Crippen molar-refractivity contribution >= 4 is 46.2 Å². The lowest BCUT2D eigenvalue weighted by Gasteiger charge is -2.15. The number of benzene rings is 1. The van der Waals surface area contributed by atoms with Gasteiger partial charge in [-0.1, -0.05) is 6.07 Å². The zero-order chi connectivity index (χ0) is 23.4. The van der Waals surface area contributed by atoms with E-state index in [4.69, 9.17) is 10.2 Å². The van der Waals surface area contributed by atoms with Gasteiger partial charge in [0.05, 0.1) is 23.0 Å². The number of hydrogen-bond acceptors (Lipinski definition) is 8. The smallest absolute Gasteiger partial charge is 0.275 e. The zero-order valence-electron chi connectivity index (χ0n) is 18.2. The molecule has 0 atom stereocenters. The van der Waals surface area contributed by atoms with Gasteiger partial charge in [-0.2, -0.15) is 0 Å². The first-order chi connectivity index (χ1) is 15.8. The zero-order valence-corrected chi connectivity index (χ0v) is 19.9. The molecule has 0 fully saturated rings. The lowest BCUT2D eigenvalue weighted by molar-refractivity contribution is 0.0739. The Morgan fingerprint density at radius 3 is 2.88 bits per heavy atom. The molecule has 0 bridgehead atoms. The number of thiazole rings is 1. The minimum absolute atomic E-state index is 0.312. The number of amides is 1. The molecule has 0 spiro atoms. The molecular weight excluding hydrogens is 456 g/mol. The van der Waals surface area contributed by atoms with Crippen LogP contribution in [0.5, 0.6) is 0 Å². The summed E-state index contributed by atoms with van der Waals surface area (Å²) in [5.41, 5.74) is 9.12. The first kappa shape index (κ1) is 22.9. The van der Waals surface area contributed by atoms with Gasteiger partial charge in [0, 0.05) is 46.2 Å². The molecule has 0 unspecified atom stereocenters. The Hall–Kier alpha value is -3.27. The van der Waals surface area contributed by atoms with Gasteiger partial charge in [0.25, 0.3) is 5.91 Å². The van der Waals surface area contributed by atoms with Crippen LogP contribution in [0.4, 0.5) is 11.4 Å². The minimum atomic E-state index is -0.789. The number of aliphatic imine (C=N–C) groups is 1. The summed E-state index contributed by atoms with van der Waals surface area (Å²) in [6.07, 6.45) is 5.35. The van der Waals surface area contributed by atoms with Crippen LogP contribution < -0.4 is 11.1 Å². The Morgan fingerprint density at radius 1 is 1.33 bits per heavy atom. The number of nitrogen functional groups attached to an aromatic ring is 1. The average Bonchev–Trinajstić information content (AvgIpc) is 3.54. The van der Waals surface area contributed by atoms with Crippen molar-refractivity contribution in [2.24, 2.45) is 4.99 Å². The highest BCUT2D eigenvalue weighted by atomic mass is 32.1. The lowest BCUT2D eigenvalue weighted by atomic mass is 10.0. The SMILES string of the molecule is CC(C)(O)CCN=Cc1cc(NC(=O)c2csc(-c3cccs3)n2)c(-c2ccoc2)cc1N. The van der Waals surface area contributed by atoms with Crippen molar-refractivity contribution in [3.8, 4) is 21.0 Å². The van der Waals surface area contributed by atoms with E-state index in [9.17, 15) is 9.90 Å². The summed E-state index contributed by atoms with van der Waals surface area (Å²) < 4.78 is 5.23. The number of aromatic nitrogens is 1. The highest BCUT2D eigenvalue weighted by Crippen LogP contribution is 2.33. The second-order valence-corrected chi connectivity index (χ2v) is 9.91. The maximum Gasteiger partial charge on any atom is 0.275 e. The number of furan rings is 1. The molecule has 0 aliphatic carbocycles. The van der Waals surface area contributed by atoms with Gasteiger partial charge in [0.2, 0.25) is 0 Å². The molecule has 0 radical (unpaired) electrons. The van der Waals surface area contributed by atoms with Crippen LogP contribution in [0.15, 0.2) is 63.0 Å². The Kier molecular flexibility index (Phi) is 6.73. The third-order valence-corrected chi connectivity index (χ3v) is 6.74. The van der Waals surface area contributed by atoms with E-state index in [0.29, 0.717) is 35.6 Å². The number of nitrogens with two attached hydrogens (primary N) is 1. The lowest BCUT2D eigenvalue weighted by Crippen LogP contribution is -2.19. The number of rotatable bonds is 8. The summed E-state index contributed by atoms with van der Waals surface area (Å²) in [6.45, 7) is 3.94. The number of nitrogens with zero attached hydrogens (tertiary/aromatic N) is 2. The molecule has 4 aromatic rings. The van der Waals surface area contributed by atoms with Crippen LogP contribution in [0.3, 0.4) is 0 Å². The normalized spacial score (nSPS) is 11.8. The van der Waals surface area contributed by atoms with Gasteiger partial charge in [0.15, 0.2) is 0 Å². The van der Waals surface area contributed by atoms with Crippen LogP contribution in [0.1, 0.15) is 36.3 Å². The molecule has 1 aromatic carbocycles. The van der Waals surface area contributed by atoms with E-state index in [2.05, 4.69) is 15.3 Å². The van der Waals surface area contributed by atoms with Crippen LogP contribution in [0.25, 0.3) is 21.0 Å². The molecule has 0 saturated heterocycles. The monoisotopic (exact) mass is 480 g/mol. The van der Waals surface area contributed by atoms with E-state index in [0.717, 1.165) is 21.0 Å². The third-order valence-electron chi connectivity index (χ3n) is 4.86. The predicted octanol–water partition coefficient (Wildman–Crippen LogP) is 5.55. The fraction of sp³-hybridized carbons (Fsp3) is 0.208. The molecule has 3 heterocycles. The van der Waals surface area contributed by atoms with Gasteiger partial charge in [0.1, 0.15) is 10.7 Å². The molecule has 7 nitrogen and oxygen atoms in total. The van der Waals surface area contributed by atoms with E-state index in [1.165, 1.54) is 11.3 Å². The number of carbonyl (C=O) groups is 1. The number of carbonyl (C=O) groups excluding carboxylic acids is 1. The number of thiophene rings is 1. The highest BCUT2D eigenvalue weighted by Gasteiger charge is 2.17. The predicted molar refractivity (Wildman–Crippen MR) is 135 cm³/mol. The van der Waals surface area contributed by atoms with Gasteiger partial charge < -0.3 is 20.6 Å². The van der Waals surface area contributed by atoms with Gasteiger partial charge >= 0.3 is 0 Å². The van der Waals surface area contributed by atoms with Gasteiger partial charge in [-0.25, -0.2) is 4.98 Å². The van der Waals surface area contributed by atoms with Crippen LogP contribution >= 0.6 is 22.7 Å². The number of anilines is 2. The van der Waals surface area contributed by atoms with Crippen molar-refractivity contribution in [1.82, 2.24) is 4.98 Å². The maximum atomic E-state index is 13.0. The van der Waals surface area contributed by atoms with Crippen LogP contribution in [0.2, 0.25) is 0 Å². The molecule has 3 aromatic heterocycles. The Morgan fingerprint density at radius 2 is 2.18 bits per heavy atom. The molecule has 1 amide bonds. The average molecular weight is 481 g/mol. The van der Waals surface area contributed by atoms with Crippen molar-refractivity contribution in [3.63, 3.8) is 0 Å². The summed E-state index contributed by atoms with van der Waals surface area (Å²) in [4.78, 5) is 22.9. The Bertz CT molecular complexity index is 1250. The minimum Gasteiger partial charge on any atom is -0.472 e. The topological polar surface area (TPSA) is 114 Å². The van der Waals surface area contributed by atoms with E-state index in [1.807, 2.05) is 17.5 Å². The largest absolute Gasteiger partial charge is 0.472 e. The summed E-state index contributed by atoms with van der Waals surface area (Å²) in [6, 6.07) is 9.31. The standard InChI is InChI=1S/C24H24N4O3S2/c1-24(2,30)6-7-26-12-16-10-19(17(11-18(16)25)15-5-8-31-13-15)27-22(29)20-14-33-23(28-20)21-4-3-9-32-21/h3-5,8-14,30H,6-7,25H2,1-2H3,(H,27,29). The number of nitrogens with one attached hydrogen (secondary N) is 1. The second kappa shape index (κ2) is 9.70. The van der Waals surface area contributed by atoms with Gasteiger partial charge in [-0.15, -0.1) is 22.7 Å². The molecule has 4 rings (SSSR count). The molecule has 170 valence electrons. The molecule has 4 N–H and O–H groups in total. The first-order valence-electron chi connectivity index (χ1n) is 10.3. The van der Waals surface area contributed by atoms with Crippen molar-refractivity contribution in [3.05, 3.63) is 64.9 Å². The number of aliphatic hydroxyl groups is 1. The van der Waals surface area contributed by atoms with Crippen LogP contribution in [0, 0.1) is 0 Å². The number of hydrogen-bond donors (Lipinski definition) is 3. The van der Waals surface area contributed by atoms with Crippen molar-refractivity contribution in [1.29, 1.82) is 0 Å². The summed E-state index contributed by atoms with van der Waals surface area (Å²) in [7, 11) is 0. The Balaban J connectivity index is 1.61. The van der Waals surface area contributed by atoms with E-state index in [1.54, 1.807) is 67.5 Å². The maximum absolute atomic E-state index is 13.0. The molecule has 0 aliphatic heterocycles. The third kappa shape index (κ3) is 5.75. The second-order valence-electron chi connectivity index (χ2n) is 8.11. The molecule has 33 heavy (non-hydrogen) atoms. The van der Waals surface area contributed by atoms with Crippen molar-refractivity contribution in [2.75, 3.05) is 17.6 Å². The molecule has 0 aliphatic rings.